The number of carbonyl (C=O) groups excluding carboxylic acids is 1. The number of hydrogen-bond acceptors (Lipinski definition) is 7. The average molecular weight is 392 g/mol. The van der Waals surface area contributed by atoms with E-state index in [1.54, 1.807) is 6.92 Å². The molecule has 0 saturated carbocycles. The normalized spacial score (nSPS) is 11.0. The van der Waals surface area contributed by atoms with Crippen molar-refractivity contribution in [3.05, 3.63) is 58.0 Å². The van der Waals surface area contributed by atoms with E-state index in [2.05, 4.69) is 9.72 Å². The number of esters is 1. The van der Waals surface area contributed by atoms with Gasteiger partial charge in [-0.05, 0) is 18.2 Å². The lowest BCUT2D eigenvalue weighted by atomic mass is 10.1. The smallest absolute Gasteiger partial charge is 0.387 e. The van der Waals surface area contributed by atoms with Crippen LogP contribution in [0.4, 0.5) is 14.5 Å². The van der Waals surface area contributed by atoms with Crippen molar-refractivity contribution in [3.63, 3.8) is 0 Å². The zero-order chi connectivity index (χ0) is 20.3. The highest BCUT2D eigenvalue weighted by molar-refractivity contribution is 5.87. The second-order valence-electron chi connectivity index (χ2n) is 5.64. The highest BCUT2D eigenvalue weighted by Gasteiger charge is 2.19. The first kappa shape index (κ1) is 19.2. The van der Waals surface area contributed by atoms with Crippen LogP contribution in [-0.2, 0) is 17.6 Å². The molecule has 0 N–H and O–H groups in total. The third-order valence-corrected chi connectivity index (χ3v) is 3.76. The van der Waals surface area contributed by atoms with E-state index in [0.717, 1.165) is 0 Å². The summed E-state index contributed by atoms with van der Waals surface area (Å²) in [5, 5.41) is 10.6. The summed E-state index contributed by atoms with van der Waals surface area (Å²) in [6, 6.07) is 7.72. The summed E-state index contributed by atoms with van der Waals surface area (Å²) in [5.74, 6) is -0.366. The first-order chi connectivity index (χ1) is 13.4. The molecule has 10 heteroatoms. The average Bonchev–Trinajstić information content (AvgIpc) is 3.09. The number of non-ortho nitro benzene ring substituents is 1. The van der Waals surface area contributed by atoms with Crippen LogP contribution in [0.5, 0.6) is 11.5 Å². The van der Waals surface area contributed by atoms with Gasteiger partial charge < -0.3 is 13.9 Å². The fourth-order valence-corrected chi connectivity index (χ4v) is 2.52. The van der Waals surface area contributed by atoms with Crippen LogP contribution in [0.25, 0.3) is 11.1 Å². The van der Waals surface area contributed by atoms with Gasteiger partial charge in [-0.3, -0.25) is 14.9 Å². The highest BCUT2D eigenvalue weighted by atomic mass is 19.3. The van der Waals surface area contributed by atoms with Crippen molar-refractivity contribution in [2.45, 2.75) is 26.4 Å². The van der Waals surface area contributed by atoms with Gasteiger partial charge in [0.15, 0.2) is 22.7 Å². The van der Waals surface area contributed by atoms with E-state index in [0.29, 0.717) is 17.9 Å². The van der Waals surface area contributed by atoms with Crippen LogP contribution < -0.4 is 9.47 Å². The van der Waals surface area contributed by atoms with Crippen LogP contribution in [0.15, 0.2) is 40.8 Å². The molecular formula is C18H14F2N2O6. The van der Waals surface area contributed by atoms with E-state index in [1.165, 1.54) is 36.4 Å². The quantitative estimate of drug-likeness (QED) is 0.258. The van der Waals surface area contributed by atoms with E-state index >= 15 is 0 Å². The Morgan fingerprint density at radius 3 is 2.57 bits per heavy atom. The lowest BCUT2D eigenvalue weighted by Crippen LogP contribution is -2.11. The minimum atomic E-state index is -3.03. The number of hydrogen-bond donors (Lipinski definition) is 0. The first-order valence-electron chi connectivity index (χ1n) is 8.18. The molecule has 146 valence electrons. The largest absolute Gasteiger partial charge is 0.440 e. The Hall–Kier alpha value is -3.56. The fraction of sp³-hybridized carbons (Fsp3) is 0.222. The fourth-order valence-electron chi connectivity index (χ4n) is 2.52. The molecule has 1 aromatic heterocycles. The second-order valence-corrected chi connectivity index (χ2v) is 5.64. The molecule has 1 heterocycles. The number of fused-ring (bicyclic) bond motifs is 1. The summed E-state index contributed by atoms with van der Waals surface area (Å²) < 4.78 is 40.3. The number of carbonyl (C=O) groups is 1. The van der Waals surface area contributed by atoms with E-state index in [4.69, 9.17) is 9.15 Å². The number of aryl methyl sites for hydroxylation is 1. The van der Waals surface area contributed by atoms with Gasteiger partial charge in [-0.1, -0.05) is 13.0 Å². The van der Waals surface area contributed by atoms with Crippen LogP contribution in [0, 0.1) is 10.1 Å². The molecule has 8 nitrogen and oxygen atoms in total. The Morgan fingerprint density at radius 1 is 1.25 bits per heavy atom. The maximum atomic E-state index is 12.6. The van der Waals surface area contributed by atoms with Crippen LogP contribution in [0.1, 0.15) is 18.4 Å². The standard InChI is InChI=1S/C18H14F2N2O6/c1-2-14-21-16-13(27-18(19)20)8-3-10(17(16)28-14)9-15(23)26-12-6-4-11(5-7-12)22(24)25/h3-8,18H,2,9H2,1H3. The molecule has 28 heavy (non-hydrogen) atoms. The Bertz CT molecular complexity index is 1020. The molecule has 0 aliphatic carbocycles. The van der Waals surface area contributed by atoms with E-state index in [1.807, 2.05) is 0 Å². The van der Waals surface area contributed by atoms with Gasteiger partial charge in [0, 0.05) is 24.1 Å². The SMILES string of the molecule is CCc1nc2c(OC(F)F)ccc(CC(=O)Oc3ccc([N+](=O)[O-])cc3)c2o1. The van der Waals surface area contributed by atoms with Gasteiger partial charge in [0.2, 0.25) is 0 Å². The number of nitrogens with zero attached hydrogens (tertiary/aromatic N) is 2. The predicted molar refractivity (Wildman–Crippen MR) is 92.5 cm³/mol. The van der Waals surface area contributed by atoms with E-state index in [-0.39, 0.29) is 34.7 Å². The molecule has 0 atom stereocenters. The number of benzene rings is 2. The van der Waals surface area contributed by atoms with Crippen molar-refractivity contribution in [3.8, 4) is 11.5 Å². The number of rotatable bonds is 7. The predicted octanol–water partition coefficient (Wildman–Crippen LogP) is 4.05. The Balaban J connectivity index is 1.82. The number of ether oxygens (including phenoxy) is 2. The minimum absolute atomic E-state index is 0.0952. The Morgan fingerprint density at radius 2 is 1.96 bits per heavy atom. The van der Waals surface area contributed by atoms with Crippen molar-refractivity contribution < 1.29 is 32.4 Å². The Kier molecular flexibility index (Phi) is 5.48. The van der Waals surface area contributed by atoms with Gasteiger partial charge in [-0.15, -0.1) is 0 Å². The first-order valence-corrected chi connectivity index (χ1v) is 8.18. The molecule has 0 spiro atoms. The van der Waals surface area contributed by atoms with Gasteiger partial charge in [-0.2, -0.15) is 8.78 Å². The third-order valence-electron chi connectivity index (χ3n) is 3.76. The van der Waals surface area contributed by atoms with Crippen LogP contribution >= 0.6 is 0 Å². The third kappa shape index (κ3) is 4.22. The maximum absolute atomic E-state index is 12.6. The maximum Gasteiger partial charge on any atom is 0.387 e. The topological polar surface area (TPSA) is 105 Å². The van der Waals surface area contributed by atoms with Crippen molar-refractivity contribution in [1.82, 2.24) is 4.98 Å². The molecule has 0 saturated heterocycles. The van der Waals surface area contributed by atoms with Gasteiger partial charge in [-0.25, -0.2) is 4.98 Å². The molecule has 0 bridgehead atoms. The monoisotopic (exact) mass is 392 g/mol. The molecule has 0 radical (unpaired) electrons. The molecule has 0 aliphatic rings. The van der Waals surface area contributed by atoms with Gasteiger partial charge in [0.1, 0.15) is 5.75 Å². The van der Waals surface area contributed by atoms with Crippen molar-refractivity contribution in [2.24, 2.45) is 0 Å². The van der Waals surface area contributed by atoms with Crippen LogP contribution in [-0.4, -0.2) is 22.5 Å². The molecule has 3 aromatic rings. The lowest BCUT2D eigenvalue weighted by Gasteiger charge is -2.07. The van der Waals surface area contributed by atoms with Crippen molar-refractivity contribution in [1.29, 1.82) is 0 Å². The number of aromatic nitrogens is 1. The van der Waals surface area contributed by atoms with E-state index in [9.17, 15) is 23.7 Å². The molecule has 0 aliphatic heterocycles. The molecule has 2 aromatic carbocycles. The van der Waals surface area contributed by atoms with Crippen molar-refractivity contribution in [2.75, 3.05) is 0 Å². The summed E-state index contributed by atoms with van der Waals surface area (Å²) in [5.41, 5.74) is 0.508. The molecule has 3 rings (SSSR count). The van der Waals surface area contributed by atoms with Crippen LogP contribution in [0.3, 0.4) is 0 Å². The van der Waals surface area contributed by atoms with E-state index < -0.39 is 17.5 Å². The number of halogens is 2. The van der Waals surface area contributed by atoms with Crippen LogP contribution in [0.2, 0.25) is 0 Å². The number of alkyl halides is 2. The zero-order valence-electron chi connectivity index (χ0n) is 14.6. The highest BCUT2D eigenvalue weighted by Crippen LogP contribution is 2.31. The molecular weight excluding hydrogens is 378 g/mol. The van der Waals surface area contributed by atoms with Gasteiger partial charge in [0.05, 0.1) is 11.3 Å². The van der Waals surface area contributed by atoms with Crippen molar-refractivity contribution >= 4 is 22.8 Å². The minimum Gasteiger partial charge on any atom is -0.440 e. The summed E-state index contributed by atoms with van der Waals surface area (Å²) in [6.07, 6.45) is 0.205. The number of oxazole rings is 1. The summed E-state index contributed by atoms with van der Waals surface area (Å²) in [6.45, 7) is -1.25. The Labute approximate surface area is 156 Å². The molecule has 0 fully saturated rings. The van der Waals surface area contributed by atoms with Gasteiger partial charge in [0.25, 0.3) is 5.69 Å². The molecule has 0 amide bonds. The lowest BCUT2D eigenvalue weighted by molar-refractivity contribution is -0.384. The van der Waals surface area contributed by atoms with Gasteiger partial charge >= 0.3 is 12.6 Å². The second kappa shape index (κ2) is 7.99. The molecule has 0 unspecified atom stereocenters. The summed E-state index contributed by atoms with van der Waals surface area (Å²) in [7, 11) is 0. The number of nitro groups is 1. The number of nitro benzene ring substituents is 1. The summed E-state index contributed by atoms with van der Waals surface area (Å²) >= 11 is 0. The summed E-state index contributed by atoms with van der Waals surface area (Å²) in [4.78, 5) is 26.4. The zero-order valence-corrected chi connectivity index (χ0v) is 14.6.